The van der Waals surface area contributed by atoms with Crippen LogP contribution in [0, 0.1) is 5.92 Å². The lowest BCUT2D eigenvalue weighted by atomic mass is 9.85. The number of rotatable bonds is 4. The summed E-state index contributed by atoms with van der Waals surface area (Å²) < 4.78 is 0. The number of halogens is 1. The summed E-state index contributed by atoms with van der Waals surface area (Å²) in [6.07, 6.45) is 4.04. The molecule has 0 heterocycles. The van der Waals surface area contributed by atoms with Gasteiger partial charge >= 0.3 is 0 Å². The van der Waals surface area contributed by atoms with Crippen LogP contribution in [0.5, 0.6) is 0 Å². The molecule has 0 atom stereocenters. The van der Waals surface area contributed by atoms with Gasteiger partial charge in [0.2, 0.25) is 5.91 Å². The quantitative estimate of drug-likeness (QED) is 0.741. The molecule has 0 unspecified atom stereocenters. The Balaban J connectivity index is 1.98. The van der Waals surface area contributed by atoms with Crippen LogP contribution in [0.4, 0.5) is 0 Å². The van der Waals surface area contributed by atoms with E-state index in [4.69, 9.17) is 0 Å². The molecule has 0 aromatic rings. The average Bonchev–Trinajstić information content (AvgIpc) is 1.96. The molecule has 0 aromatic heterocycles. The Morgan fingerprint density at radius 1 is 1.58 bits per heavy atom. The number of nitrogens with one attached hydrogen (secondary N) is 1. The second kappa shape index (κ2) is 4.85. The first-order valence-corrected chi connectivity index (χ1v) is 5.54. The van der Waals surface area contributed by atoms with Crippen molar-refractivity contribution >= 4 is 21.8 Å². The van der Waals surface area contributed by atoms with Gasteiger partial charge in [0, 0.05) is 17.8 Å². The molecule has 0 saturated heterocycles. The largest absolute Gasteiger partial charge is 0.356 e. The molecule has 0 aromatic carbocycles. The van der Waals surface area contributed by atoms with E-state index in [0.29, 0.717) is 11.2 Å². The van der Waals surface area contributed by atoms with E-state index in [0.717, 1.165) is 18.9 Å². The van der Waals surface area contributed by atoms with Crippen molar-refractivity contribution in [2.24, 2.45) is 5.92 Å². The smallest absolute Gasteiger partial charge is 0.219 e. The van der Waals surface area contributed by atoms with Crippen molar-refractivity contribution in [2.75, 3.05) is 6.54 Å². The zero-order valence-electron chi connectivity index (χ0n) is 7.48. The van der Waals surface area contributed by atoms with Crippen molar-refractivity contribution in [3.63, 3.8) is 0 Å². The average molecular weight is 234 g/mol. The minimum absolute atomic E-state index is 0.204. The van der Waals surface area contributed by atoms with Crippen LogP contribution < -0.4 is 5.32 Å². The minimum Gasteiger partial charge on any atom is -0.356 e. The van der Waals surface area contributed by atoms with Crippen LogP contribution in [0.25, 0.3) is 0 Å². The number of hydrogen-bond acceptors (Lipinski definition) is 1. The van der Waals surface area contributed by atoms with Crippen LogP contribution >= 0.6 is 15.9 Å². The van der Waals surface area contributed by atoms with Crippen LogP contribution in [-0.4, -0.2) is 17.3 Å². The molecule has 12 heavy (non-hydrogen) atoms. The van der Waals surface area contributed by atoms with Gasteiger partial charge in [-0.2, -0.15) is 0 Å². The number of alkyl halides is 1. The summed E-state index contributed by atoms with van der Waals surface area (Å²) in [5.41, 5.74) is 0. The van der Waals surface area contributed by atoms with Crippen LogP contribution in [0.3, 0.4) is 0 Å². The molecule has 0 aliphatic heterocycles. The van der Waals surface area contributed by atoms with Crippen molar-refractivity contribution in [1.82, 2.24) is 5.32 Å². The van der Waals surface area contributed by atoms with Crippen LogP contribution in [0.1, 0.15) is 32.6 Å². The van der Waals surface area contributed by atoms with Crippen molar-refractivity contribution < 1.29 is 4.79 Å². The lowest BCUT2D eigenvalue weighted by Gasteiger charge is -2.31. The first-order valence-electron chi connectivity index (χ1n) is 4.63. The van der Waals surface area contributed by atoms with Crippen LogP contribution in [-0.2, 0) is 4.79 Å². The highest BCUT2D eigenvalue weighted by Gasteiger charge is 2.26. The predicted molar refractivity (Wildman–Crippen MR) is 53.4 cm³/mol. The lowest BCUT2D eigenvalue weighted by molar-refractivity contribution is -0.121. The Bertz CT molecular complexity index is 155. The summed E-state index contributed by atoms with van der Waals surface area (Å²) in [4.78, 5) is 11.7. The van der Waals surface area contributed by atoms with E-state index >= 15 is 0 Å². The molecule has 1 N–H and O–H groups in total. The topological polar surface area (TPSA) is 29.1 Å². The van der Waals surface area contributed by atoms with E-state index in [1.165, 1.54) is 12.8 Å². The summed E-state index contributed by atoms with van der Waals surface area (Å²) in [6, 6.07) is 0. The SMILES string of the molecule is CCCC(=O)NCC1CC(Br)C1. The van der Waals surface area contributed by atoms with Gasteiger partial charge in [0.1, 0.15) is 0 Å². The Hall–Kier alpha value is -0.0500. The molecule has 2 nitrogen and oxygen atoms in total. The molecular formula is C9H16BrNO. The number of carbonyl (C=O) groups is 1. The molecule has 0 radical (unpaired) electrons. The summed E-state index contributed by atoms with van der Waals surface area (Å²) in [6.45, 7) is 2.90. The third-order valence-corrected chi connectivity index (χ3v) is 2.99. The van der Waals surface area contributed by atoms with E-state index in [1.807, 2.05) is 6.92 Å². The van der Waals surface area contributed by atoms with Crippen molar-refractivity contribution in [3.8, 4) is 0 Å². The number of amides is 1. The van der Waals surface area contributed by atoms with Gasteiger partial charge in [0.15, 0.2) is 0 Å². The maximum absolute atomic E-state index is 11.0. The third kappa shape index (κ3) is 3.13. The van der Waals surface area contributed by atoms with Gasteiger partial charge in [-0.3, -0.25) is 4.79 Å². The predicted octanol–water partition coefficient (Wildman–Crippen LogP) is 2.08. The Kier molecular flexibility index (Phi) is 4.06. The molecule has 0 bridgehead atoms. The molecule has 1 fully saturated rings. The van der Waals surface area contributed by atoms with Gasteiger partial charge in [-0.05, 0) is 25.2 Å². The molecule has 1 aliphatic rings. The monoisotopic (exact) mass is 233 g/mol. The number of carbonyl (C=O) groups excluding carboxylic acids is 1. The Labute approximate surface area is 82.2 Å². The van der Waals surface area contributed by atoms with E-state index < -0.39 is 0 Å². The molecule has 0 spiro atoms. The van der Waals surface area contributed by atoms with Gasteiger partial charge in [0.05, 0.1) is 0 Å². The normalized spacial score (nSPS) is 27.8. The molecule has 70 valence electrons. The number of hydrogen-bond donors (Lipinski definition) is 1. The maximum Gasteiger partial charge on any atom is 0.219 e. The van der Waals surface area contributed by atoms with Crippen molar-refractivity contribution in [1.29, 1.82) is 0 Å². The highest BCUT2D eigenvalue weighted by molar-refractivity contribution is 9.09. The fourth-order valence-electron chi connectivity index (χ4n) is 1.39. The first-order chi connectivity index (χ1) is 5.72. The van der Waals surface area contributed by atoms with Crippen molar-refractivity contribution in [3.05, 3.63) is 0 Å². The van der Waals surface area contributed by atoms with Gasteiger partial charge in [-0.25, -0.2) is 0 Å². The Morgan fingerprint density at radius 2 is 2.25 bits per heavy atom. The highest BCUT2D eigenvalue weighted by Crippen LogP contribution is 2.32. The van der Waals surface area contributed by atoms with Gasteiger partial charge in [-0.1, -0.05) is 22.9 Å². The van der Waals surface area contributed by atoms with Crippen molar-refractivity contribution in [2.45, 2.75) is 37.4 Å². The van der Waals surface area contributed by atoms with Crippen LogP contribution in [0.2, 0.25) is 0 Å². The van der Waals surface area contributed by atoms with E-state index in [9.17, 15) is 4.79 Å². The van der Waals surface area contributed by atoms with E-state index in [-0.39, 0.29) is 5.91 Å². The zero-order valence-corrected chi connectivity index (χ0v) is 9.06. The maximum atomic E-state index is 11.0. The second-order valence-electron chi connectivity index (χ2n) is 3.49. The van der Waals surface area contributed by atoms with Gasteiger partial charge in [0.25, 0.3) is 0 Å². The first kappa shape index (κ1) is 10.0. The fourth-order valence-corrected chi connectivity index (χ4v) is 2.45. The molecule has 1 amide bonds. The van der Waals surface area contributed by atoms with Gasteiger partial charge < -0.3 is 5.32 Å². The highest BCUT2D eigenvalue weighted by atomic mass is 79.9. The molecule has 1 rings (SSSR count). The van der Waals surface area contributed by atoms with E-state index in [2.05, 4.69) is 21.2 Å². The lowest BCUT2D eigenvalue weighted by Crippen LogP contribution is -2.36. The molecule has 3 heteroatoms. The summed E-state index contributed by atoms with van der Waals surface area (Å²) >= 11 is 3.53. The molecule has 1 aliphatic carbocycles. The summed E-state index contributed by atoms with van der Waals surface area (Å²) in [7, 11) is 0. The van der Waals surface area contributed by atoms with Crippen LogP contribution in [0.15, 0.2) is 0 Å². The summed E-state index contributed by atoms with van der Waals surface area (Å²) in [5, 5.41) is 2.95. The standard InChI is InChI=1S/C9H16BrNO/c1-2-3-9(12)11-6-7-4-8(10)5-7/h7-8H,2-6H2,1H3,(H,11,12). The van der Waals surface area contributed by atoms with Gasteiger partial charge in [-0.15, -0.1) is 0 Å². The van der Waals surface area contributed by atoms with E-state index in [1.54, 1.807) is 0 Å². The zero-order chi connectivity index (χ0) is 8.97. The fraction of sp³-hybridized carbons (Fsp3) is 0.889. The molecular weight excluding hydrogens is 218 g/mol. The minimum atomic E-state index is 0.204. The third-order valence-electron chi connectivity index (χ3n) is 2.24. The Morgan fingerprint density at radius 3 is 2.75 bits per heavy atom. The second-order valence-corrected chi connectivity index (χ2v) is 4.78. The molecule has 1 saturated carbocycles. The summed E-state index contributed by atoms with van der Waals surface area (Å²) in [5.74, 6) is 0.922.